The molecular formula is C21H24O4. The maximum atomic E-state index is 12.4. The number of methoxy groups -OCH3 is 1. The summed E-state index contributed by atoms with van der Waals surface area (Å²) in [6, 6.07) is 18.7. The van der Waals surface area contributed by atoms with E-state index in [0.29, 0.717) is 25.7 Å². The maximum Gasteiger partial charge on any atom is 0.318 e. The number of esters is 1. The van der Waals surface area contributed by atoms with Gasteiger partial charge in [0.15, 0.2) is 0 Å². The number of benzene rings is 2. The van der Waals surface area contributed by atoms with Gasteiger partial charge >= 0.3 is 11.9 Å². The van der Waals surface area contributed by atoms with Crippen LogP contribution in [0.15, 0.2) is 60.7 Å². The van der Waals surface area contributed by atoms with Gasteiger partial charge in [0, 0.05) is 6.42 Å². The van der Waals surface area contributed by atoms with Crippen molar-refractivity contribution in [2.75, 3.05) is 7.11 Å². The van der Waals surface area contributed by atoms with E-state index in [1.54, 1.807) is 0 Å². The van der Waals surface area contributed by atoms with E-state index in [4.69, 9.17) is 0 Å². The molecule has 0 spiro atoms. The van der Waals surface area contributed by atoms with Crippen LogP contribution in [-0.4, -0.2) is 24.2 Å². The summed E-state index contributed by atoms with van der Waals surface area (Å²) in [4.78, 5) is 23.6. The van der Waals surface area contributed by atoms with Crippen LogP contribution in [0.4, 0.5) is 0 Å². The fraction of sp³-hybridized carbons (Fsp3) is 0.333. The molecule has 4 heteroatoms. The Bertz CT molecular complexity index is 640. The second kappa shape index (κ2) is 9.02. The van der Waals surface area contributed by atoms with Crippen LogP contribution in [0.5, 0.6) is 0 Å². The van der Waals surface area contributed by atoms with Gasteiger partial charge in [0.05, 0.1) is 7.11 Å². The zero-order chi connectivity index (χ0) is 18.1. The van der Waals surface area contributed by atoms with Gasteiger partial charge in [0.1, 0.15) is 5.41 Å². The first-order chi connectivity index (χ1) is 12.1. The summed E-state index contributed by atoms with van der Waals surface area (Å²) in [5.74, 6) is -1.08. The Morgan fingerprint density at radius 2 is 1.40 bits per heavy atom. The van der Waals surface area contributed by atoms with Gasteiger partial charge in [-0.3, -0.25) is 9.59 Å². The lowest BCUT2D eigenvalue weighted by Crippen LogP contribution is -2.37. The van der Waals surface area contributed by atoms with E-state index in [2.05, 4.69) is 4.74 Å². The number of carbonyl (C=O) groups excluding carboxylic acids is 1. The standard InChI is InChI=1S/C21H24O4/c1-25-19(22)15-9-4-10-16-21(20(23)24,17-11-5-2-6-12-17)18-13-7-3-8-14-18/h2-3,5-8,11-14H,4,9-10,15-16H2,1H3,(H,23,24). The third kappa shape index (κ3) is 4.47. The van der Waals surface area contributed by atoms with Crippen LogP contribution in [-0.2, 0) is 19.7 Å². The van der Waals surface area contributed by atoms with E-state index in [0.717, 1.165) is 17.5 Å². The van der Waals surface area contributed by atoms with Gasteiger partial charge in [-0.15, -0.1) is 0 Å². The zero-order valence-electron chi connectivity index (χ0n) is 14.5. The number of unbranched alkanes of at least 4 members (excludes halogenated alkanes) is 2. The molecule has 0 bridgehead atoms. The molecule has 0 fully saturated rings. The van der Waals surface area contributed by atoms with Crippen molar-refractivity contribution in [1.82, 2.24) is 0 Å². The summed E-state index contributed by atoms with van der Waals surface area (Å²) >= 11 is 0. The Hall–Kier alpha value is -2.62. The third-order valence-electron chi connectivity index (χ3n) is 4.56. The van der Waals surface area contributed by atoms with E-state index in [1.165, 1.54) is 7.11 Å². The molecule has 4 nitrogen and oxygen atoms in total. The van der Waals surface area contributed by atoms with Crippen molar-refractivity contribution in [1.29, 1.82) is 0 Å². The molecule has 0 unspecified atom stereocenters. The zero-order valence-corrected chi connectivity index (χ0v) is 14.5. The molecule has 2 rings (SSSR count). The van der Waals surface area contributed by atoms with Crippen LogP contribution in [0.3, 0.4) is 0 Å². The second-order valence-corrected chi connectivity index (χ2v) is 6.08. The van der Waals surface area contributed by atoms with Crippen molar-refractivity contribution >= 4 is 11.9 Å². The van der Waals surface area contributed by atoms with Gasteiger partial charge in [0.2, 0.25) is 0 Å². The largest absolute Gasteiger partial charge is 0.480 e. The minimum absolute atomic E-state index is 0.226. The number of carboxylic acids is 1. The smallest absolute Gasteiger partial charge is 0.318 e. The average molecular weight is 340 g/mol. The molecule has 132 valence electrons. The van der Waals surface area contributed by atoms with Crippen LogP contribution in [0.2, 0.25) is 0 Å². The molecule has 2 aromatic rings. The van der Waals surface area contributed by atoms with Crippen molar-refractivity contribution in [2.45, 2.75) is 37.5 Å². The molecule has 0 atom stereocenters. The highest BCUT2D eigenvalue weighted by Gasteiger charge is 2.41. The van der Waals surface area contributed by atoms with Crippen LogP contribution in [0.1, 0.15) is 43.2 Å². The monoisotopic (exact) mass is 340 g/mol. The van der Waals surface area contributed by atoms with Crippen molar-refractivity contribution < 1.29 is 19.4 Å². The van der Waals surface area contributed by atoms with Gasteiger partial charge in [-0.05, 0) is 24.0 Å². The van der Waals surface area contributed by atoms with Crippen molar-refractivity contribution in [3.05, 3.63) is 71.8 Å². The van der Waals surface area contributed by atoms with Crippen LogP contribution in [0, 0.1) is 0 Å². The number of hydrogen-bond acceptors (Lipinski definition) is 3. The highest BCUT2D eigenvalue weighted by Crippen LogP contribution is 2.37. The molecule has 0 aliphatic heterocycles. The van der Waals surface area contributed by atoms with Crippen molar-refractivity contribution in [2.24, 2.45) is 0 Å². The minimum Gasteiger partial charge on any atom is -0.480 e. The lowest BCUT2D eigenvalue weighted by atomic mass is 9.71. The lowest BCUT2D eigenvalue weighted by Gasteiger charge is -2.31. The first kappa shape index (κ1) is 18.7. The number of ether oxygens (including phenoxy) is 1. The van der Waals surface area contributed by atoms with E-state index in [9.17, 15) is 14.7 Å². The van der Waals surface area contributed by atoms with E-state index >= 15 is 0 Å². The van der Waals surface area contributed by atoms with Gasteiger partial charge in [-0.2, -0.15) is 0 Å². The summed E-state index contributed by atoms with van der Waals surface area (Å²) in [5, 5.41) is 10.1. The summed E-state index contributed by atoms with van der Waals surface area (Å²) in [6.45, 7) is 0. The average Bonchev–Trinajstić information content (AvgIpc) is 2.65. The summed E-state index contributed by atoms with van der Waals surface area (Å²) in [7, 11) is 1.38. The Kier molecular flexibility index (Phi) is 6.75. The Morgan fingerprint density at radius 3 is 1.84 bits per heavy atom. The summed E-state index contributed by atoms with van der Waals surface area (Å²) in [5.41, 5.74) is 0.483. The lowest BCUT2D eigenvalue weighted by molar-refractivity contribution is -0.143. The number of carboxylic acid groups (broad SMARTS) is 1. The van der Waals surface area contributed by atoms with E-state index < -0.39 is 11.4 Å². The molecule has 0 heterocycles. The fourth-order valence-corrected chi connectivity index (χ4v) is 3.19. The molecule has 0 saturated heterocycles. The number of carbonyl (C=O) groups is 2. The molecule has 25 heavy (non-hydrogen) atoms. The van der Waals surface area contributed by atoms with Gasteiger partial charge < -0.3 is 9.84 Å². The van der Waals surface area contributed by atoms with Crippen LogP contribution >= 0.6 is 0 Å². The highest BCUT2D eigenvalue weighted by molar-refractivity contribution is 5.86. The maximum absolute atomic E-state index is 12.4. The SMILES string of the molecule is COC(=O)CCCCCC(C(=O)O)(c1ccccc1)c1ccccc1. The fourth-order valence-electron chi connectivity index (χ4n) is 3.19. The topological polar surface area (TPSA) is 63.6 Å². The second-order valence-electron chi connectivity index (χ2n) is 6.08. The van der Waals surface area contributed by atoms with Gasteiger partial charge in [0.25, 0.3) is 0 Å². The van der Waals surface area contributed by atoms with Crippen molar-refractivity contribution in [3.63, 3.8) is 0 Å². The summed E-state index contributed by atoms with van der Waals surface area (Å²) in [6.07, 6.45) is 3.05. The molecule has 0 aliphatic rings. The number of rotatable bonds is 9. The number of hydrogen-bond donors (Lipinski definition) is 1. The predicted octanol–water partition coefficient (Wildman–Crippen LogP) is 4.18. The van der Waals surface area contributed by atoms with Crippen LogP contribution in [0.25, 0.3) is 0 Å². The molecule has 0 amide bonds. The predicted molar refractivity (Wildman–Crippen MR) is 96.4 cm³/mol. The molecule has 0 saturated carbocycles. The Labute approximate surface area is 148 Å². The molecule has 0 radical (unpaired) electrons. The highest BCUT2D eigenvalue weighted by atomic mass is 16.5. The first-order valence-electron chi connectivity index (χ1n) is 8.52. The normalized spacial score (nSPS) is 11.1. The number of aliphatic carboxylic acids is 1. The minimum atomic E-state index is -1.08. The van der Waals surface area contributed by atoms with Gasteiger partial charge in [-0.1, -0.05) is 73.5 Å². The van der Waals surface area contributed by atoms with Gasteiger partial charge in [-0.25, -0.2) is 0 Å². The molecule has 1 N–H and O–H groups in total. The molecule has 2 aromatic carbocycles. The molecule has 0 aliphatic carbocycles. The Balaban J connectivity index is 2.23. The Morgan fingerprint density at radius 1 is 0.880 bits per heavy atom. The van der Waals surface area contributed by atoms with Crippen molar-refractivity contribution in [3.8, 4) is 0 Å². The van der Waals surface area contributed by atoms with E-state index in [1.807, 2.05) is 60.7 Å². The first-order valence-corrected chi connectivity index (χ1v) is 8.52. The quantitative estimate of drug-likeness (QED) is 0.549. The summed E-state index contributed by atoms with van der Waals surface area (Å²) < 4.78 is 4.64. The van der Waals surface area contributed by atoms with Crippen LogP contribution < -0.4 is 0 Å². The third-order valence-corrected chi connectivity index (χ3v) is 4.56. The molecular weight excluding hydrogens is 316 g/mol. The molecule has 0 aromatic heterocycles. The van der Waals surface area contributed by atoms with E-state index in [-0.39, 0.29) is 5.97 Å².